The zero-order chi connectivity index (χ0) is 15.7. The summed E-state index contributed by atoms with van der Waals surface area (Å²) in [7, 11) is 3.81. The number of amides is 1. The number of hydrogen-bond donors (Lipinski definition) is 1. The third kappa shape index (κ3) is 2.70. The van der Waals surface area contributed by atoms with Crippen LogP contribution < -0.4 is 9.64 Å². The topological polar surface area (TPSA) is 56.2 Å². The lowest BCUT2D eigenvalue weighted by Gasteiger charge is -2.38. The van der Waals surface area contributed by atoms with Crippen LogP contribution >= 0.6 is 0 Å². The fraction of sp³-hybridized carbons (Fsp3) is 0.562. The predicted octanol–water partition coefficient (Wildman–Crippen LogP) is 1.48. The molecule has 1 N–H and O–H groups in total. The third-order valence-electron chi connectivity index (χ3n) is 4.68. The fourth-order valence-electron chi connectivity index (χ4n) is 3.32. The van der Waals surface area contributed by atoms with Gasteiger partial charge in [0.2, 0.25) is 0 Å². The first-order chi connectivity index (χ1) is 10.6. The molecule has 1 amide bonds. The van der Waals surface area contributed by atoms with Crippen LogP contribution in [0.4, 0.5) is 10.5 Å². The summed E-state index contributed by atoms with van der Waals surface area (Å²) in [6, 6.07) is 4.09. The number of likely N-dealkylation sites (N-methyl/N-ethyl adjacent to an activating group) is 1. The van der Waals surface area contributed by atoms with Crippen molar-refractivity contribution in [3.63, 3.8) is 0 Å². The van der Waals surface area contributed by atoms with Crippen molar-refractivity contribution in [3.8, 4) is 5.75 Å². The molecule has 2 aliphatic heterocycles. The van der Waals surface area contributed by atoms with Gasteiger partial charge < -0.3 is 24.5 Å². The van der Waals surface area contributed by atoms with E-state index in [1.54, 1.807) is 7.11 Å². The quantitative estimate of drug-likeness (QED) is 0.897. The summed E-state index contributed by atoms with van der Waals surface area (Å²) in [5.74, 6) is 0.873. The van der Waals surface area contributed by atoms with Crippen LogP contribution in [0.2, 0.25) is 0 Å². The largest absolute Gasteiger partial charge is 0.496 e. The molecule has 1 fully saturated rings. The molecule has 0 aliphatic carbocycles. The first kappa shape index (κ1) is 15.0. The summed E-state index contributed by atoms with van der Waals surface area (Å²) in [5.41, 5.74) is 3.43. The third-order valence-corrected chi connectivity index (χ3v) is 4.68. The zero-order valence-electron chi connectivity index (χ0n) is 13.2. The van der Waals surface area contributed by atoms with Gasteiger partial charge in [-0.25, -0.2) is 4.79 Å². The highest BCUT2D eigenvalue weighted by atomic mass is 16.5. The van der Waals surface area contributed by atoms with E-state index in [2.05, 4.69) is 22.9 Å². The highest BCUT2D eigenvalue weighted by Crippen LogP contribution is 2.35. The maximum absolute atomic E-state index is 11.3. The molecule has 6 heteroatoms. The Morgan fingerprint density at radius 1 is 1.14 bits per heavy atom. The summed E-state index contributed by atoms with van der Waals surface area (Å²) >= 11 is 0. The van der Waals surface area contributed by atoms with Gasteiger partial charge in [0.1, 0.15) is 5.75 Å². The van der Waals surface area contributed by atoms with Gasteiger partial charge in [0, 0.05) is 49.5 Å². The van der Waals surface area contributed by atoms with E-state index in [0.717, 1.165) is 48.7 Å². The van der Waals surface area contributed by atoms with Crippen molar-refractivity contribution >= 4 is 11.8 Å². The van der Waals surface area contributed by atoms with E-state index in [0.29, 0.717) is 19.5 Å². The predicted molar refractivity (Wildman–Crippen MR) is 84.8 cm³/mol. The molecule has 0 saturated carbocycles. The number of piperazine rings is 1. The Balaban J connectivity index is 1.95. The Hall–Kier alpha value is -1.95. The average Bonchev–Trinajstić information content (AvgIpc) is 2.54. The molecule has 0 aromatic heterocycles. The lowest BCUT2D eigenvalue weighted by atomic mass is 9.96. The summed E-state index contributed by atoms with van der Waals surface area (Å²) in [4.78, 5) is 17.5. The molecule has 2 aliphatic rings. The maximum atomic E-state index is 11.3. The van der Waals surface area contributed by atoms with Crippen LogP contribution in [0, 0.1) is 0 Å². The van der Waals surface area contributed by atoms with Crippen LogP contribution in [0.25, 0.3) is 0 Å². The zero-order valence-corrected chi connectivity index (χ0v) is 13.2. The molecule has 0 spiro atoms. The highest BCUT2D eigenvalue weighted by molar-refractivity contribution is 5.68. The van der Waals surface area contributed by atoms with E-state index in [-0.39, 0.29) is 0 Å². The Bertz CT molecular complexity index is 568. The van der Waals surface area contributed by atoms with Gasteiger partial charge in [-0.3, -0.25) is 0 Å². The van der Waals surface area contributed by atoms with E-state index >= 15 is 0 Å². The van der Waals surface area contributed by atoms with Crippen LogP contribution in [-0.2, 0) is 13.0 Å². The van der Waals surface area contributed by atoms with Gasteiger partial charge in [-0.05, 0) is 25.6 Å². The highest BCUT2D eigenvalue weighted by Gasteiger charge is 2.27. The van der Waals surface area contributed by atoms with Gasteiger partial charge in [0.15, 0.2) is 0 Å². The minimum Gasteiger partial charge on any atom is -0.496 e. The van der Waals surface area contributed by atoms with Crippen LogP contribution in [0.3, 0.4) is 0 Å². The van der Waals surface area contributed by atoms with E-state index in [1.165, 1.54) is 4.90 Å². The molecule has 1 aromatic carbocycles. The van der Waals surface area contributed by atoms with E-state index < -0.39 is 6.09 Å². The van der Waals surface area contributed by atoms with Crippen LogP contribution in [0.15, 0.2) is 12.1 Å². The molecule has 1 saturated heterocycles. The normalized spacial score (nSPS) is 19.0. The standard InChI is InChI=1S/C16H23N3O3/c1-17-7-9-18(10-8-17)14-3-4-15(22-2)12-5-6-19(16(20)21)11-13(12)14/h3-4H,5-11H2,1-2H3,(H,20,21). The lowest BCUT2D eigenvalue weighted by molar-refractivity contribution is 0.139. The van der Waals surface area contributed by atoms with Gasteiger partial charge in [-0.2, -0.15) is 0 Å². The first-order valence-corrected chi connectivity index (χ1v) is 7.70. The van der Waals surface area contributed by atoms with Gasteiger partial charge >= 0.3 is 6.09 Å². The van der Waals surface area contributed by atoms with Crippen LogP contribution in [0.5, 0.6) is 5.75 Å². The van der Waals surface area contributed by atoms with Gasteiger partial charge in [0.05, 0.1) is 13.7 Å². The van der Waals surface area contributed by atoms with E-state index in [9.17, 15) is 9.90 Å². The number of ether oxygens (including phenoxy) is 1. The second-order valence-electron chi connectivity index (χ2n) is 5.99. The number of nitrogens with zero attached hydrogens (tertiary/aromatic N) is 3. The number of carbonyl (C=O) groups is 1. The SMILES string of the molecule is COc1ccc(N2CCN(C)CC2)c2c1CCN(C(=O)O)C2. The number of benzene rings is 1. The smallest absolute Gasteiger partial charge is 0.407 e. The van der Waals surface area contributed by atoms with E-state index in [4.69, 9.17) is 4.74 Å². The molecule has 0 bridgehead atoms. The average molecular weight is 305 g/mol. The monoisotopic (exact) mass is 305 g/mol. The molecule has 0 atom stereocenters. The molecule has 0 radical (unpaired) electrons. The van der Waals surface area contributed by atoms with Crippen LogP contribution in [-0.4, -0.2) is 67.9 Å². The summed E-state index contributed by atoms with van der Waals surface area (Å²) in [6.45, 7) is 4.99. The molecule has 6 nitrogen and oxygen atoms in total. The number of hydrogen-bond acceptors (Lipinski definition) is 4. The van der Waals surface area contributed by atoms with Crippen molar-refractivity contribution in [2.24, 2.45) is 0 Å². The van der Waals surface area contributed by atoms with Gasteiger partial charge in [-0.15, -0.1) is 0 Å². The Morgan fingerprint density at radius 2 is 1.86 bits per heavy atom. The summed E-state index contributed by atoms with van der Waals surface area (Å²) < 4.78 is 5.48. The summed E-state index contributed by atoms with van der Waals surface area (Å²) in [6.07, 6.45) is -0.135. The van der Waals surface area contributed by atoms with Crippen molar-refractivity contribution in [1.29, 1.82) is 0 Å². The van der Waals surface area contributed by atoms with E-state index in [1.807, 2.05) is 6.07 Å². The Morgan fingerprint density at radius 3 is 2.50 bits per heavy atom. The van der Waals surface area contributed by atoms with Crippen molar-refractivity contribution < 1.29 is 14.6 Å². The van der Waals surface area contributed by atoms with Crippen molar-refractivity contribution in [2.45, 2.75) is 13.0 Å². The molecular weight excluding hydrogens is 282 g/mol. The van der Waals surface area contributed by atoms with Gasteiger partial charge in [-0.1, -0.05) is 0 Å². The minimum absolute atomic E-state index is 0.448. The number of fused-ring (bicyclic) bond motifs is 1. The van der Waals surface area contributed by atoms with Gasteiger partial charge in [0.25, 0.3) is 0 Å². The summed E-state index contributed by atoms with van der Waals surface area (Å²) in [5, 5.41) is 9.30. The van der Waals surface area contributed by atoms with Crippen molar-refractivity contribution in [1.82, 2.24) is 9.80 Å². The maximum Gasteiger partial charge on any atom is 0.407 e. The lowest BCUT2D eigenvalue weighted by Crippen LogP contribution is -2.45. The molecule has 1 aromatic rings. The Kier molecular flexibility index (Phi) is 4.11. The Labute approximate surface area is 130 Å². The van der Waals surface area contributed by atoms with Crippen LogP contribution in [0.1, 0.15) is 11.1 Å². The fourth-order valence-corrected chi connectivity index (χ4v) is 3.32. The van der Waals surface area contributed by atoms with Crippen molar-refractivity contribution in [3.05, 3.63) is 23.3 Å². The van der Waals surface area contributed by atoms with Crippen molar-refractivity contribution in [2.75, 3.05) is 51.8 Å². The molecular formula is C16H23N3O3. The minimum atomic E-state index is -0.849. The number of carboxylic acid groups (broad SMARTS) is 1. The second-order valence-corrected chi connectivity index (χ2v) is 5.99. The number of anilines is 1. The second kappa shape index (κ2) is 6.04. The molecule has 120 valence electrons. The first-order valence-electron chi connectivity index (χ1n) is 7.70. The molecule has 0 unspecified atom stereocenters. The number of rotatable bonds is 2. The molecule has 22 heavy (non-hydrogen) atoms. The molecule has 2 heterocycles. The number of methoxy groups -OCH3 is 1. The molecule has 3 rings (SSSR count).